The SMILES string of the molecule is O=C(NCc1ccc(N2CCOCC2)nc1)NC1CCCCC1. The molecular formula is C17H26N4O2. The van der Waals surface area contributed by atoms with Crippen LogP contribution in [-0.2, 0) is 11.3 Å². The molecular weight excluding hydrogens is 292 g/mol. The van der Waals surface area contributed by atoms with Gasteiger partial charge < -0.3 is 20.3 Å². The van der Waals surface area contributed by atoms with Gasteiger partial charge in [0.15, 0.2) is 0 Å². The predicted molar refractivity (Wildman–Crippen MR) is 89.5 cm³/mol. The first kappa shape index (κ1) is 16.1. The van der Waals surface area contributed by atoms with E-state index in [4.69, 9.17) is 4.74 Å². The molecule has 1 aliphatic heterocycles. The van der Waals surface area contributed by atoms with Gasteiger partial charge in [-0.1, -0.05) is 25.3 Å². The van der Waals surface area contributed by atoms with E-state index in [0.717, 1.165) is 50.5 Å². The molecule has 1 aliphatic carbocycles. The molecule has 0 spiro atoms. The van der Waals surface area contributed by atoms with Crippen molar-refractivity contribution in [1.82, 2.24) is 15.6 Å². The highest BCUT2D eigenvalue weighted by Crippen LogP contribution is 2.17. The molecule has 23 heavy (non-hydrogen) atoms. The van der Waals surface area contributed by atoms with E-state index in [1.165, 1.54) is 19.3 Å². The summed E-state index contributed by atoms with van der Waals surface area (Å²) >= 11 is 0. The highest BCUT2D eigenvalue weighted by Gasteiger charge is 2.15. The Labute approximate surface area is 137 Å². The van der Waals surface area contributed by atoms with Crippen LogP contribution in [0.2, 0.25) is 0 Å². The predicted octanol–water partition coefficient (Wildman–Crippen LogP) is 2.05. The number of anilines is 1. The highest BCUT2D eigenvalue weighted by molar-refractivity contribution is 5.74. The standard InChI is InChI=1S/C17H26N4O2/c22-17(20-15-4-2-1-3-5-15)19-13-14-6-7-16(18-12-14)21-8-10-23-11-9-21/h6-7,12,15H,1-5,8-11,13H2,(H2,19,20,22). The maximum atomic E-state index is 11.9. The van der Waals surface area contributed by atoms with Crippen LogP contribution < -0.4 is 15.5 Å². The minimum Gasteiger partial charge on any atom is -0.378 e. The number of urea groups is 1. The third-order valence-electron chi connectivity index (χ3n) is 4.54. The summed E-state index contributed by atoms with van der Waals surface area (Å²) in [6.45, 7) is 3.79. The van der Waals surface area contributed by atoms with Gasteiger partial charge in [-0.25, -0.2) is 9.78 Å². The third kappa shape index (κ3) is 4.82. The van der Waals surface area contributed by atoms with E-state index < -0.39 is 0 Å². The number of carbonyl (C=O) groups is 1. The molecule has 2 amide bonds. The Bertz CT molecular complexity index is 494. The second kappa shape index (κ2) is 8.15. The quantitative estimate of drug-likeness (QED) is 0.892. The lowest BCUT2D eigenvalue weighted by molar-refractivity contribution is 0.122. The molecule has 0 atom stereocenters. The molecule has 1 aromatic rings. The lowest BCUT2D eigenvalue weighted by Gasteiger charge is -2.27. The topological polar surface area (TPSA) is 66.5 Å². The van der Waals surface area contributed by atoms with Crippen molar-refractivity contribution in [3.63, 3.8) is 0 Å². The first-order valence-electron chi connectivity index (χ1n) is 8.63. The van der Waals surface area contributed by atoms with E-state index >= 15 is 0 Å². The molecule has 6 heteroatoms. The molecule has 0 radical (unpaired) electrons. The number of nitrogens with one attached hydrogen (secondary N) is 2. The van der Waals surface area contributed by atoms with Gasteiger partial charge in [-0.05, 0) is 24.5 Å². The van der Waals surface area contributed by atoms with Crippen LogP contribution in [0.4, 0.5) is 10.6 Å². The van der Waals surface area contributed by atoms with E-state index in [1.54, 1.807) is 0 Å². The molecule has 3 rings (SSSR count). The summed E-state index contributed by atoms with van der Waals surface area (Å²) in [6.07, 6.45) is 7.77. The number of pyridine rings is 1. The number of rotatable bonds is 4. The summed E-state index contributed by atoms with van der Waals surface area (Å²) in [5.41, 5.74) is 1.01. The fourth-order valence-corrected chi connectivity index (χ4v) is 3.17. The van der Waals surface area contributed by atoms with Crippen molar-refractivity contribution in [2.75, 3.05) is 31.2 Å². The van der Waals surface area contributed by atoms with Crippen molar-refractivity contribution in [2.45, 2.75) is 44.7 Å². The minimum absolute atomic E-state index is 0.0749. The Morgan fingerprint density at radius 3 is 2.70 bits per heavy atom. The van der Waals surface area contributed by atoms with Gasteiger partial charge in [0.2, 0.25) is 0 Å². The lowest BCUT2D eigenvalue weighted by atomic mass is 9.96. The van der Waals surface area contributed by atoms with E-state index in [9.17, 15) is 4.79 Å². The van der Waals surface area contributed by atoms with Crippen molar-refractivity contribution >= 4 is 11.8 Å². The summed E-state index contributed by atoms with van der Waals surface area (Å²) in [5, 5.41) is 5.98. The number of carbonyl (C=O) groups excluding carboxylic acids is 1. The van der Waals surface area contributed by atoms with Crippen LogP contribution in [0.3, 0.4) is 0 Å². The minimum atomic E-state index is -0.0749. The fraction of sp³-hybridized carbons (Fsp3) is 0.647. The molecule has 2 fully saturated rings. The molecule has 2 aliphatic rings. The maximum absolute atomic E-state index is 11.9. The van der Waals surface area contributed by atoms with E-state index in [-0.39, 0.29) is 6.03 Å². The van der Waals surface area contributed by atoms with Gasteiger partial charge in [-0.2, -0.15) is 0 Å². The first-order valence-corrected chi connectivity index (χ1v) is 8.63. The summed E-state index contributed by atoms with van der Waals surface area (Å²) in [5.74, 6) is 0.976. The van der Waals surface area contributed by atoms with Crippen molar-refractivity contribution < 1.29 is 9.53 Å². The van der Waals surface area contributed by atoms with Gasteiger partial charge in [0.05, 0.1) is 13.2 Å². The second-order valence-electron chi connectivity index (χ2n) is 6.29. The molecule has 0 unspecified atom stereocenters. The molecule has 1 saturated carbocycles. The molecule has 0 bridgehead atoms. The zero-order valence-corrected chi connectivity index (χ0v) is 13.6. The molecule has 2 heterocycles. The first-order chi connectivity index (χ1) is 11.3. The number of ether oxygens (including phenoxy) is 1. The van der Waals surface area contributed by atoms with Crippen molar-refractivity contribution in [2.24, 2.45) is 0 Å². The van der Waals surface area contributed by atoms with Gasteiger partial charge in [0.25, 0.3) is 0 Å². The van der Waals surface area contributed by atoms with Crippen LogP contribution >= 0.6 is 0 Å². The van der Waals surface area contributed by atoms with Crippen LogP contribution in [0, 0.1) is 0 Å². The number of morpholine rings is 1. The van der Waals surface area contributed by atoms with Crippen LogP contribution in [0.5, 0.6) is 0 Å². The van der Waals surface area contributed by atoms with Gasteiger partial charge >= 0.3 is 6.03 Å². The number of hydrogen-bond acceptors (Lipinski definition) is 4. The van der Waals surface area contributed by atoms with E-state index in [1.807, 2.05) is 18.3 Å². The summed E-state index contributed by atoms with van der Waals surface area (Å²) in [7, 11) is 0. The molecule has 1 aromatic heterocycles. The third-order valence-corrected chi connectivity index (χ3v) is 4.54. The zero-order chi connectivity index (χ0) is 15.9. The van der Waals surface area contributed by atoms with Crippen molar-refractivity contribution in [1.29, 1.82) is 0 Å². The Morgan fingerprint density at radius 1 is 1.22 bits per heavy atom. The number of nitrogens with zero attached hydrogens (tertiary/aromatic N) is 2. The average Bonchev–Trinajstić information content (AvgIpc) is 2.62. The largest absolute Gasteiger partial charge is 0.378 e. The average molecular weight is 318 g/mol. The van der Waals surface area contributed by atoms with Crippen LogP contribution in [0.15, 0.2) is 18.3 Å². The molecule has 2 N–H and O–H groups in total. The smallest absolute Gasteiger partial charge is 0.315 e. The summed E-state index contributed by atoms with van der Waals surface area (Å²) < 4.78 is 5.35. The fourth-order valence-electron chi connectivity index (χ4n) is 3.17. The Balaban J connectivity index is 1.43. The van der Waals surface area contributed by atoms with Crippen molar-refractivity contribution in [3.8, 4) is 0 Å². The van der Waals surface area contributed by atoms with Gasteiger partial charge in [-0.3, -0.25) is 0 Å². The van der Waals surface area contributed by atoms with Gasteiger partial charge in [0, 0.05) is 31.9 Å². The van der Waals surface area contributed by atoms with Crippen LogP contribution in [0.25, 0.3) is 0 Å². The molecule has 0 aromatic carbocycles. The highest BCUT2D eigenvalue weighted by atomic mass is 16.5. The Morgan fingerprint density at radius 2 is 2.00 bits per heavy atom. The monoisotopic (exact) mass is 318 g/mol. The Kier molecular flexibility index (Phi) is 5.69. The van der Waals surface area contributed by atoms with Gasteiger partial charge in [-0.15, -0.1) is 0 Å². The zero-order valence-electron chi connectivity index (χ0n) is 13.6. The summed E-state index contributed by atoms with van der Waals surface area (Å²) in [6, 6.07) is 4.31. The second-order valence-corrected chi connectivity index (χ2v) is 6.29. The van der Waals surface area contributed by atoms with E-state index in [2.05, 4.69) is 20.5 Å². The molecule has 6 nitrogen and oxygen atoms in total. The maximum Gasteiger partial charge on any atom is 0.315 e. The van der Waals surface area contributed by atoms with Crippen LogP contribution in [0.1, 0.15) is 37.7 Å². The summed E-state index contributed by atoms with van der Waals surface area (Å²) in [4.78, 5) is 18.6. The van der Waals surface area contributed by atoms with E-state index in [0.29, 0.717) is 12.6 Å². The number of aromatic nitrogens is 1. The number of amides is 2. The number of hydrogen-bond donors (Lipinski definition) is 2. The van der Waals surface area contributed by atoms with Crippen molar-refractivity contribution in [3.05, 3.63) is 23.9 Å². The van der Waals surface area contributed by atoms with Crippen LogP contribution in [-0.4, -0.2) is 43.4 Å². The molecule has 1 saturated heterocycles. The Hall–Kier alpha value is -1.82. The lowest BCUT2D eigenvalue weighted by Crippen LogP contribution is -2.42. The molecule has 126 valence electrons. The van der Waals surface area contributed by atoms with Gasteiger partial charge in [0.1, 0.15) is 5.82 Å². The normalized spacial score (nSPS) is 19.4.